The molecule has 5 heteroatoms. The number of urea groups is 1. The fourth-order valence-corrected chi connectivity index (χ4v) is 1.45. The number of hydrogen-bond donors (Lipinski definition) is 4. The van der Waals surface area contributed by atoms with E-state index in [1.54, 1.807) is 6.92 Å². The van der Waals surface area contributed by atoms with Crippen LogP contribution < -0.4 is 16.0 Å². The van der Waals surface area contributed by atoms with E-state index < -0.39 is 6.10 Å². The van der Waals surface area contributed by atoms with Gasteiger partial charge in [0.2, 0.25) is 0 Å². The summed E-state index contributed by atoms with van der Waals surface area (Å²) in [6, 6.07) is 0.201. The first-order chi connectivity index (χ1) is 6.68. The van der Waals surface area contributed by atoms with E-state index in [9.17, 15) is 4.79 Å². The van der Waals surface area contributed by atoms with E-state index in [0.29, 0.717) is 19.1 Å². The Morgan fingerprint density at radius 3 is 3.00 bits per heavy atom. The minimum atomic E-state index is -0.495. The van der Waals surface area contributed by atoms with E-state index >= 15 is 0 Å². The number of hydrogen-bond acceptors (Lipinski definition) is 3. The molecule has 1 aliphatic heterocycles. The lowest BCUT2D eigenvalue weighted by molar-refractivity contribution is 0.187. The van der Waals surface area contributed by atoms with Gasteiger partial charge in [0.05, 0.1) is 6.10 Å². The number of amides is 2. The van der Waals surface area contributed by atoms with Crippen LogP contribution in [0, 0.1) is 0 Å². The molecular formula is C9H19N3O2. The highest BCUT2D eigenvalue weighted by molar-refractivity contribution is 5.73. The second-order valence-corrected chi connectivity index (χ2v) is 3.73. The normalized spacial score (nSPS) is 23.1. The third-order valence-corrected chi connectivity index (χ3v) is 2.23. The molecule has 1 saturated heterocycles. The van der Waals surface area contributed by atoms with Crippen molar-refractivity contribution in [1.29, 1.82) is 0 Å². The molecule has 2 amide bonds. The molecule has 0 aliphatic carbocycles. The van der Waals surface area contributed by atoms with Gasteiger partial charge in [0.1, 0.15) is 0 Å². The molecule has 82 valence electrons. The SMILES string of the molecule is CC(O)CNC(=O)NCC1CCCN1. The predicted molar refractivity (Wildman–Crippen MR) is 54.1 cm³/mol. The van der Waals surface area contributed by atoms with E-state index in [1.165, 1.54) is 6.42 Å². The van der Waals surface area contributed by atoms with E-state index in [2.05, 4.69) is 16.0 Å². The second kappa shape index (κ2) is 5.82. The van der Waals surface area contributed by atoms with Crippen LogP contribution in [-0.2, 0) is 0 Å². The zero-order valence-electron chi connectivity index (χ0n) is 8.55. The van der Waals surface area contributed by atoms with Gasteiger partial charge in [-0.05, 0) is 26.3 Å². The highest BCUT2D eigenvalue weighted by Gasteiger charge is 2.14. The Labute approximate surface area is 84.3 Å². The molecule has 1 heterocycles. The van der Waals surface area contributed by atoms with Gasteiger partial charge in [0, 0.05) is 19.1 Å². The standard InChI is InChI=1S/C9H19N3O2/c1-7(13)5-11-9(14)12-6-8-3-2-4-10-8/h7-8,10,13H,2-6H2,1H3,(H2,11,12,14). The Morgan fingerprint density at radius 1 is 1.64 bits per heavy atom. The topological polar surface area (TPSA) is 73.4 Å². The number of aliphatic hydroxyl groups excluding tert-OH is 1. The van der Waals surface area contributed by atoms with Gasteiger partial charge in [-0.1, -0.05) is 0 Å². The maximum Gasteiger partial charge on any atom is 0.314 e. The first-order valence-electron chi connectivity index (χ1n) is 5.11. The summed E-state index contributed by atoms with van der Waals surface area (Å²) in [5.74, 6) is 0. The summed E-state index contributed by atoms with van der Waals surface area (Å²) in [4.78, 5) is 11.1. The quantitative estimate of drug-likeness (QED) is 0.491. The Hall–Kier alpha value is -0.810. The maximum atomic E-state index is 11.1. The molecule has 2 atom stereocenters. The van der Waals surface area contributed by atoms with Gasteiger partial charge in [-0.2, -0.15) is 0 Å². The smallest absolute Gasteiger partial charge is 0.314 e. The molecule has 0 aromatic heterocycles. The number of carbonyl (C=O) groups is 1. The molecule has 1 rings (SSSR count). The molecule has 0 bridgehead atoms. The van der Waals surface area contributed by atoms with Crippen molar-refractivity contribution >= 4 is 6.03 Å². The fraction of sp³-hybridized carbons (Fsp3) is 0.889. The van der Waals surface area contributed by atoms with Crippen LogP contribution >= 0.6 is 0 Å². The van der Waals surface area contributed by atoms with Crippen molar-refractivity contribution in [2.24, 2.45) is 0 Å². The van der Waals surface area contributed by atoms with Gasteiger partial charge in [-0.15, -0.1) is 0 Å². The Bertz CT molecular complexity index is 179. The molecule has 4 N–H and O–H groups in total. The van der Waals surface area contributed by atoms with Gasteiger partial charge >= 0.3 is 6.03 Å². The van der Waals surface area contributed by atoms with Crippen LogP contribution in [0.3, 0.4) is 0 Å². The lowest BCUT2D eigenvalue weighted by atomic mass is 10.2. The molecule has 0 aromatic rings. The summed E-state index contributed by atoms with van der Waals surface area (Å²) in [6.45, 7) is 3.63. The largest absolute Gasteiger partial charge is 0.392 e. The average molecular weight is 201 g/mol. The van der Waals surface area contributed by atoms with E-state index in [4.69, 9.17) is 5.11 Å². The van der Waals surface area contributed by atoms with Crippen LogP contribution in [0.25, 0.3) is 0 Å². The van der Waals surface area contributed by atoms with Crippen molar-refractivity contribution in [1.82, 2.24) is 16.0 Å². The molecule has 0 aromatic carbocycles. The monoisotopic (exact) mass is 201 g/mol. The fourth-order valence-electron chi connectivity index (χ4n) is 1.45. The van der Waals surface area contributed by atoms with Crippen molar-refractivity contribution in [3.63, 3.8) is 0 Å². The third kappa shape index (κ3) is 4.43. The summed E-state index contributed by atoms with van der Waals surface area (Å²) in [5, 5.41) is 17.5. The summed E-state index contributed by atoms with van der Waals surface area (Å²) in [6.07, 6.45) is 1.81. The highest BCUT2D eigenvalue weighted by atomic mass is 16.3. The van der Waals surface area contributed by atoms with Crippen molar-refractivity contribution in [3.05, 3.63) is 0 Å². The number of nitrogens with one attached hydrogen (secondary N) is 3. The average Bonchev–Trinajstić information content (AvgIpc) is 2.63. The molecular weight excluding hydrogens is 182 g/mol. The van der Waals surface area contributed by atoms with Crippen LogP contribution in [0.1, 0.15) is 19.8 Å². The molecule has 1 aliphatic rings. The van der Waals surface area contributed by atoms with E-state index in [-0.39, 0.29) is 6.03 Å². The van der Waals surface area contributed by atoms with Crippen LogP contribution in [-0.4, -0.2) is 42.9 Å². The molecule has 0 spiro atoms. The molecule has 2 unspecified atom stereocenters. The molecule has 0 radical (unpaired) electrons. The first-order valence-corrected chi connectivity index (χ1v) is 5.11. The molecule has 0 saturated carbocycles. The van der Waals surface area contributed by atoms with E-state index in [1.807, 2.05) is 0 Å². The summed E-state index contributed by atoms with van der Waals surface area (Å²) in [5.41, 5.74) is 0. The lowest BCUT2D eigenvalue weighted by Crippen LogP contribution is -2.44. The number of aliphatic hydroxyl groups is 1. The van der Waals surface area contributed by atoms with Crippen LogP contribution in [0.4, 0.5) is 4.79 Å². The highest BCUT2D eigenvalue weighted by Crippen LogP contribution is 2.02. The van der Waals surface area contributed by atoms with Gasteiger partial charge in [-0.3, -0.25) is 0 Å². The molecule has 14 heavy (non-hydrogen) atoms. The number of rotatable bonds is 4. The summed E-state index contributed by atoms with van der Waals surface area (Å²) < 4.78 is 0. The minimum absolute atomic E-state index is 0.209. The zero-order valence-corrected chi connectivity index (χ0v) is 8.55. The Balaban J connectivity index is 2.02. The van der Waals surface area contributed by atoms with Gasteiger partial charge in [-0.25, -0.2) is 4.79 Å². The predicted octanol–water partition coefficient (Wildman–Crippen LogP) is -0.582. The van der Waals surface area contributed by atoms with Gasteiger partial charge in [0.15, 0.2) is 0 Å². The van der Waals surface area contributed by atoms with Crippen molar-refractivity contribution in [2.45, 2.75) is 31.9 Å². The van der Waals surface area contributed by atoms with Gasteiger partial charge in [0.25, 0.3) is 0 Å². The molecule has 5 nitrogen and oxygen atoms in total. The van der Waals surface area contributed by atoms with Crippen LogP contribution in [0.5, 0.6) is 0 Å². The Kier molecular flexibility index (Phi) is 4.69. The van der Waals surface area contributed by atoms with Crippen molar-refractivity contribution in [2.75, 3.05) is 19.6 Å². The van der Waals surface area contributed by atoms with Crippen molar-refractivity contribution in [3.8, 4) is 0 Å². The Morgan fingerprint density at radius 2 is 2.43 bits per heavy atom. The number of carbonyl (C=O) groups excluding carboxylic acids is 1. The summed E-state index contributed by atoms with van der Waals surface area (Å²) >= 11 is 0. The summed E-state index contributed by atoms with van der Waals surface area (Å²) in [7, 11) is 0. The van der Waals surface area contributed by atoms with E-state index in [0.717, 1.165) is 13.0 Å². The minimum Gasteiger partial charge on any atom is -0.392 e. The lowest BCUT2D eigenvalue weighted by Gasteiger charge is -2.12. The van der Waals surface area contributed by atoms with Gasteiger partial charge < -0.3 is 21.1 Å². The third-order valence-electron chi connectivity index (χ3n) is 2.23. The molecule has 1 fully saturated rings. The zero-order chi connectivity index (χ0) is 10.4. The first kappa shape index (κ1) is 11.3. The maximum absolute atomic E-state index is 11.1. The van der Waals surface area contributed by atoms with Crippen molar-refractivity contribution < 1.29 is 9.90 Å². The second-order valence-electron chi connectivity index (χ2n) is 3.73. The van der Waals surface area contributed by atoms with Crippen LogP contribution in [0.2, 0.25) is 0 Å². The van der Waals surface area contributed by atoms with Crippen LogP contribution in [0.15, 0.2) is 0 Å².